The van der Waals surface area contributed by atoms with Gasteiger partial charge in [0.15, 0.2) is 11.4 Å². The highest BCUT2D eigenvalue weighted by Crippen LogP contribution is 2.39. The van der Waals surface area contributed by atoms with Crippen molar-refractivity contribution in [2.24, 2.45) is 16.0 Å². The van der Waals surface area contributed by atoms with Gasteiger partial charge in [-0.3, -0.25) is 9.59 Å². The second-order valence-electron chi connectivity index (χ2n) is 7.11. The van der Waals surface area contributed by atoms with Crippen molar-refractivity contribution < 1.29 is 19.8 Å². The van der Waals surface area contributed by atoms with Gasteiger partial charge in [-0.2, -0.15) is 10.2 Å². The normalized spacial score (nSPS) is 10.9. The van der Waals surface area contributed by atoms with Crippen molar-refractivity contribution in [2.75, 3.05) is 5.32 Å². The van der Waals surface area contributed by atoms with Crippen LogP contribution in [0.15, 0.2) is 64.8 Å². The number of H-pyrrole nitrogens is 1. The van der Waals surface area contributed by atoms with Crippen LogP contribution in [0.25, 0.3) is 10.8 Å². The number of phenolic OH excluding ortho intramolecular Hbond substituents is 1. The van der Waals surface area contributed by atoms with Crippen molar-refractivity contribution >= 4 is 39.9 Å². The number of rotatable bonds is 6. The van der Waals surface area contributed by atoms with Gasteiger partial charge in [-0.25, -0.2) is 0 Å². The largest absolute Gasteiger partial charge is 0.505 e. The molecular weight excluding hydrogens is 438 g/mol. The number of phenols is 1. The highest BCUT2D eigenvalue weighted by Gasteiger charge is 2.19. The van der Waals surface area contributed by atoms with E-state index in [1.807, 2.05) is 0 Å². The van der Waals surface area contributed by atoms with E-state index in [2.05, 4.69) is 25.5 Å². The average molecular weight is 455 g/mol. The van der Waals surface area contributed by atoms with Crippen LogP contribution in [0.4, 0.5) is 17.3 Å². The molecule has 0 saturated carbocycles. The van der Waals surface area contributed by atoms with Gasteiger partial charge < -0.3 is 26.2 Å². The average Bonchev–Trinajstić information content (AvgIpc) is 3.27. The molecule has 0 unspecified atom stereocenters. The van der Waals surface area contributed by atoms with Crippen molar-refractivity contribution in [1.29, 1.82) is 5.26 Å². The lowest BCUT2D eigenvalue weighted by Gasteiger charge is -2.11. The van der Waals surface area contributed by atoms with E-state index >= 15 is 0 Å². The Kier molecular flexibility index (Phi) is 5.98. The van der Waals surface area contributed by atoms with Gasteiger partial charge in [0.1, 0.15) is 17.5 Å². The summed E-state index contributed by atoms with van der Waals surface area (Å²) in [6, 6.07) is 16.8. The Labute approximate surface area is 192 Å². The topological polar surface area (TPSA) is 190 Å². The van der Waals surface area contributed by atoms with Gasteiger partial charge in [0.25, 0.3) is 11.8 Å². The molecular formula is C23H17N7O4. The van der Waals surface area contributed by atoms with Gasteiger partial charge in [-0.1, -0.05) is 36.4 Å². The monoisotopic (exact) mass is 455 g/mol. The highest BCUT2D eigenvalue weighted by atomic mass is 16.3. The molecule has 0 aliphatic heterocycles. The van der Waals surface area contributed by atoms with Crippen LogP contribution in [-0.4, -0.2) is 32.0 Å². The third-order valence-electron chi connectivity index (χ3n) is 4.92. The van der Waals surface area contributed by atoms with Gasteiger partial charge in [-0.05, 0) is 29.1 Å². The van der Waals surface area contributed by atoms with Crippen molar-refractivity contribution in [3.05, 3.63) is 77.1 Å². The molecule has 0 spiro atoms. The van der Waals surface area contributed by atoms with Crippen LogP contribution in [0, 0.1) is 11.3 Å². The summed E-state index contributed by atoms with van der Waals surface area (Å²) in [5.74, 6) is -2.07. The smallest absolute Gasteiger partial charge is 0.268 e. The van der Waals surface area contributed by atoms with Crippen LogP contribution in [0.2, 0.25) is 0 Å². The number of azo groups is 1. The molecule has 11 heteroatoms. The molecule has 1 heterocycles. The Morgan fingerprint density at radius 3 is 2.53 bits per heavy atom. The summed E-state index contributed by atoms with van der Waals surface area (Å²) < 4.78 is 0. The number of aliphatic hydroxyl groups excluding tert-OH is 1. The van der Waals surface area contributed by atoms with Crippen LogP contribution in [0.3, 0.4) is 0 Å². The molecule has 0 radical (unpaired) electrons. The zero-order chi connectivity index (χ0) is 24.2. The third-order valence-corrected chi connectivity index (χ3v) is 4.92. The van der Waals surface area contributed by atoms with Crippen molar-refractivity contribution in [3.63, 3.8) is 0 Å². The van der Waals surface area contributed by atoms with Gasteiger partial charge in [0.05, 0.1) is 12.2 Å². The Bertz CT molecular complexity index is 1480. The van der Waals surface area contributed by atoms with Gasteiger partial charge >= 0.3 is 0 Å². The number of hydrogen-bond donors (Lipinski definition) is 5. The predicted molar refractivity (Wildman–Crippen MR) is 122 cm³/mol. The number of hydrogen-bond acceptors (Lipinski definition) is 8. The predicted octanol–water partition coefficient (Wildman–Crippen LogP) is 3.40. The number of carbonyl (C=O) groups excluding carboxylic acids is 2. The maximum absolute atomic E-state index is 12.9. The maximum Gasteiger partial charge on any atom is 0.268 e. The molecule has 4 rings (SSSR count). The van der Waals surface area contributed by atoms with Crippen LogP contribution in [-0.2, 0) is 6.61 Å². The molecule has 11 nitrogen and oxygen atoms in total. The Balaban J connectivity index is 1.74. The number of benzene rings is 3. The Morgan fingerprint density at radius 1 is 1.15 bits per heavy atom. The van der Waals surface area contributed by atoms with Crippen molar-refractivity contribution in [2.45, 2.75) is 6.61 Å². The lowest BCUT2D eigenvalue weighted by molar-refractivity contribution is 0.0993. The molecule has 0 bridgehead atoms. The molecule has 1 aromatic heterocycles. The molecule has 168 valence electrons. The summed E-state index contributed by atoms with van der Waals surface area (Å²) in [6.07, 6.45) is 0. The lowest BCUT2D eigenvalue weighted by atomic mass is 10.0. The first-order valence-corrected chi connectivity index (χ1v) is 9.88. The number of imidazole rings is 1. The highest BCUT2D eigenvalue weighted by molar-refractivity contribution is 6.11. The molecule has 3 aromatic carbocycles. The minimum atomic E-state index is -0.885. The number of carbonyl (C=O) groups is 2. The first-order chi connectivity index (χ1) is 16.4. The van der Waals surface area contributed by atoms with Gasteiger partial charge in [0, 0.05) is 11.1 Å². The number of nitrogens with zero attached hydrogens (tertiary/aromatic N) is 4. The SMILES string of the molecule is N#Cc1nc(N=Nc2c(O)c(C(=O)Nc3ccc(CO)cc3)cc3ccccc23)[nH]c1C(N)=O. The first-order valence-electron chi connectivity index (χ1n) is 9.88. The zero-order valence-corrected chi connectivity index (χ0v) is 17.5. The quantitative estimate of drug-likeness (QED) is 0.277. The van der Waals surface area contributed by atoms with E-state index in [1.54, 1.807) is 54.6 Å². The summed E-state index contributed by atoms with van der Waals surface area (Å²) in [6.45, 7) is -0.124. The molecule has 0 fully saturated rings. The Hall–Kier alpha value is -5.08. The standard InChI is InChI=1S/C23H17N7O4/c24-10-17-19(21(25)33)28-23(27-17)30-29-18-15-4-2-1-3-13(15)9-16(20(18)32)22(34)26-14-7-5-12(11-31)6-8-14/h1-9,31-32H,11H2,(H2,25,33)(H,26,34)(H,27,28). The summed E-state index contributed by atoms with van der Waals surface area (Å²) >= 11 is 0. The minimum absolute atomic E-state index is 0.00517. The number of aliphatic hydroxyl groups is 1. The summed E-state index contributed by atoms with van der Waals surface area (Å²) in [5, 5.41) is 40.9. The maximum atomic E-state index is 12.9. The molecule has 2 amide bonds. The summed E-state index contributed by atoms with van der Waals surface area (Å²) in [7, 11) is 0. The summed E-state index contributed by atoms with van der Waals surface area (Å²) in [4.78, 5) is 30.7. The first kappa shape index (κ1) is 22.1. The number of aromatic amines is 1. The van der Waals surface area contributed by atoms with E-state index in [1.165, 1.54) is 6.07 Å². The van der Waals surface area contributed by atoms with Gasteiger partial charge in [-0.15, -0.1) is 10.2 Å². The molecule has 0 atom stereocenters. The minimum Gasteiger partial charge on any atom is -0.505 e. The summed E-state index contributed by atoms with van der Waals surface area (Å²) in [5.41, 5.74) is 5.86. The van der Waals surface area contributed by atoms with E-state index in [9.17, 15) is 14.7 Å². The Morgan fingerprint density at radius 2 is 1.88 bits per heavy atom. The number of nitrogens with one attached hydrogen (secondary N) is 2. The number of anilines is 1. The fourth-order valence-corrected chi connectivity index (χ4v) is 3.25. The number of nitriles is 1. The van der Waals surface area contributed by atoms with Crippen LogP contribution in [0.1, 0.15) is 32.1 Å². The zero-order valence-electron chi connectivity index (χ0n) is 17.5. The fourth-order valence-electron chi connectivity index (χ4n) is 3.25. The van der Waals surface area contributed by atoms with E-state index < -0.39 is 17.6 Å². The van der Waals surface area contributed by atoms with Gasteiger partial charge in [0.2, 0.25) is 5.95 Å². The van der Waals surface area contributed by atoms with E-state index in [4.69, 9.17) is 16.1 Å². The number of aromatic hydroxyl groups is 1. The van der Waals surface area contributed by atoms with E-state index in [0.717, 1.165) is 0 Å². The molecule has 0 saturated heterocycles. The number of aromatic nitrogens is 2. The molecule has 0 aliphatic rings. The second kappa shape index (κ2) is 9.19. The van der Waals surface area contributed by atoms with Crippen LogP contribution < -0.4 is 11.1 Å². The van der Waals surface area contributed by atoms with Crippen molar-refractivity contribution in [1.82, 2.24) is 9.97 Å². The van der Waals surface area contributed by atoms with Crippen molar-refractivity contribution in [3.8, 4) is 11.8 Å². The molecule has 34 heavy (non-hydrogen) atoms. The fraction of sp³-hybridized carbons (Fsp3) is 0.0435. The molecule has 4 aromatic rings. The lowest BCUT2D eigenvalue weighted by Crippen LogP contribution is -2.12. The number of amides is 2. The van der Waals surface area contributed by atoms with Crippen LogP contribution >= 0.6 is 0 Å². The van der Waals surface area contributed by atoms with Crippen LogP contribution in [0.5, 0.6) is 5.75 Å². The molecule has 6 N–H and O–H groups in total. The second-order valence-corrected chi connectivity index (χ2v) is 7.11. The number of fused-ring (bicyclic) bond motifs is 1. The number of nitrogens with two attached hydrogens (primary N) is 1. The number of primary amides is 1. The van der Waals surface area contributed by atoms with E-state index in [0.29, 0.717) is 22.0 Å². The van der Waals surface area contributed by atoms with E-state index in [-0.39, 0.29) is 35.2 Å². The molecule has 0 aliphatic carbocycles. The third kappa shape index (κ3) is 4.29.